The molecule has 4 aromatic rings. The molecule has 3 aliphatic rings. The first-order valence-electron chi connectivity index (χ1n) is 15.5. The lowest BCUT2D eigenvalue weighted by Gasteiger charge is -2.33. The van der Waals surface area contributed by atoms with E-state index in [1.807, 2.05) is 31.3 Å². The molecular formula is C34H38FN7O2. The predicted octanol–water partition coefficient (Wildman–Crippen LogP) is 4.73. The number of nitrogens with one attached hydrogen (secondary N) is 1. The average Bonchev–Trinajstić information content (AvgIpc) is 3.41. The molecule has 7 rings (SSSR count). The van der Waals surface area contributed by atoms with Crippen LogP contribution in [0.5, 0.6) is 0 Å². The van der Waals surface area contributed by atoms with Crippen LogP contribution in [0.4, 0.5) is 27.3 Å². The summed E-state index contributed by atoms with van der Waals surface area (Å²) in [6.45, 7) is 6.98. The van der Waals surface area contributed by atoms with Gasteiger partial charge in [-0.3, -0.25) is 9.59 Å². The van der Waals surface area contributed by atoms with Crippen molar-refractivity contribution >= 4 is 28.8 Å². The van der Waals surface area contributed by atoms with Crippen molar-refractivity contribution in [3.05, 3.63) is 87.5 Å². The summed E-state index contributed by atoms with van der Waals surface area (Å²) < 4.78 is 18.9. The number of amides is 1. The van der Waals surface area contributed by atoms with Crippen molar-refractivity contribution < 1.29 is 9.18 Å². The molecule has 5 heterocycles. The minimum Gasteiger partial charge on any atom is -0.368 e. The zero-order valence-corrected chi connectivity index (χ0v) is 25.6. The van der Waals surface area contributed by atoms with Crippen LogP contribution >= 0.6 is 0 Å². The molecule has 228 valence electrons. The van der Waals surface area contributed by atoms with Crippen LogP contribution in [0.2, 0.25) is 0 Å². The molecule has 0 atom stereocenters. The standard InChI is InChI=1S/C34H38FN7O2/c1-22-27(18-25(35)19-30(22)42-15-14-41-29-7-5-4-6-23(29)17-31(41)34(42)44)24-16-28(33(43)39(3)21-24)37-32-9-8-26(20-36-32)40-12-10-38(2)11-13-40/h8-9,16-21H,4-7,10-15H2,1-3H3,(H,36,37). The number of fused-ring (bicyclic) bond motifs is 3. The molecule has 2 aliphatic heterocycles. The molecule has 1 aliphatic carbocycles. The predicted molar refractivity (Wildman–Crippen MR) is 172 cm³/mol. The Labute approximate surface area is 256 Å². The van der Waals surface area contributed by atoms with Crippen molar-refractivity contribution in [1.82, 2.24) is 19.0 Å². The van der Waals surface area contributed by atoms with Gasteiger partial charge in [0, 0.05) is 63.8 Å². The summed E-state index contributed by atoms with van der Waals surface area (Å²) in [5.41, 5.74) is 7.05. The molecule has 1 amide bonds. The smallest absolute Gasteiger partial charge is 0.274 e. The lowest BCUT2D eigenvalue weighted by Crippen LogP contribution is -2.44. The van der Waals surface area contributed by atoms with E-state index in [2.05, 4.69) is 31.7 Å². The monoisotopic (exact) mass is 595 g/mol. The number of benzene rings is 1. The van der Waals surface area contributed by atoms with E-state index in [0.717, 1.165) is 63.1 Å². The van der Waals surface area contributed by atoms with E-state index in [1.165, 1.54) is 28.0 Å². The maximum absolute atomic E-state index is 15.3. The average molecular weight is 596 g/mol. The molecule has 0 spiro atoms. The normalized spacial score (nSPS) is 17.0. The number of rotatable bonds is 5. The number of likely N-dealkylation sites (N-methyl/N-ethyl adjacent to an activating group) is 1. The fraction of sp³-hybridized carbons (Fsp3) is 0.382. The highest BCUT2D eigenvalue weighted by Gasteiger charge is 2.31. The van der Waals surface area contributed by atoms with Crippen molar-refractivity contribution in [3.8, 4) is 11.1 Å². The lowest BCUT2D eigenvalue weighted by atomic mass is 9.98. The summed E-state index contributed by atoms with van der Waals surface area (Å²) >= 11 is 0. The maximum atomic E-state index is 15.3. The zero-order chi connectivity index (χ0) is 30.5. The number of piperazine rings is 1. The van der Waals surface area contributed by atoms with E-state index >= 15 is 4.39 Å². The van der Waals surface area contributed by atoms with Gasteiger partial charge < -0.3 is 29.2 Å². The Bertz CT molecular complexity index is 1800. The Kier molecular flexibility index (Phi) is 7.24. The molecule has 1 saturated heterocycles. The van der Waals surface area contributed by atoms with Crippen molar-refractivity contribution in [2.45, 2.75) is 39.2 Å². The minimum atomic E-state index is -0.432. The summed E-state index contributed by atoms with van der Waals surface area (Å²) in [5, 5.41) is 3.18. The number of carbonyl (C=O) groups is 1. The van der Waals surface area contributed by atoms with E-state index in [9.17, 15) is 9.59 Å². The molecule has 0 radical (unpaired) electrons. The Morgan fingerprint density at radius 2 is 1.70 bits per heavy atom. The molecule has 10 heteroatoms. The van der Waals surface area contributed by atoms with Crippen molar-refractivity contribution in [2.24, 2.45) is 7.05 Å². The minimum absolute atomic E-state index is 0.0980. The van der Waals surface area contributed by atoms with Gasteiger partial charge in [-0.1, -0.05) is 0 Å². The first-order valence-corrected chi connectivity index (χ1v) is 15.5. The number of anilines is 4. The van der Waals surface area contributed by atoms with Crippen molar-refractivity contribution in [1.29, 1.82) is 0 Å². The molecule has 0 unspecified atom stereocenters. The first kappa shape index (κ1) is 28.3. The molecule has 0 bridgehead atoms. The number of pyridine rings is 2. The van der Waals surface area contributed by atoms with Crippen molar-refractivity contribution in [2.75, 3.05) is 54.9 Å². The third kappa shape index (κ3) is 5.06. The van der Waals surface area contributed by atoms with E-state index in [1.54, 1.807) is 24.2 Å². The quantitative estimate of drug-likeness (QED) is 0.360. The van der Waals surface area contributed by atoms with Crippen molar-refractivity contribution in [3.63, 3.8) is 0 Å². The molecule has 1 fully saturated rings. The largest absolute Gasteiger partial charge is 0.368 e. The van der Waals surface area contributed by atoms with Gasteiger partial charge in [-0.25, -0.2) is 9.37 Å². The number of carbonyl (C=O) groups excluding carboxylic acids is 1. The molecule has 1 N–H and O–H groups in total. The van der Waals surface area contributed by atoms with Gasteiger partial charge in [-0.2, -0.15) is 0 Å². The molecule has 9 nitrogen and oxygen atoms in total. The highest BCUT2D eigenvalue weighted by atomic mass is 19.1. The summed E-state index contributed by atoms with van der Waals surface area (Å²) in [7, 11) is 3.81. The van der Waals surface area contributed by atoms with E-state index < -0.39 is 5.82 Å². The number of hydrogen-bond donors (Lipinski definition) is 1. The lowest BCUT2D eigenvalue weighted by molar-refractivity contribution is 0.0964. The second kappa shape index (κ2) is 11.2. The van der Waals surface area contributed by atoms with E-state index in [-0.39, 0.29) is 11.5 Å². The van der Waals surface area contributed by atoms with Crippen LogP contribution in [0.15, 0.2) is 53.6 Å². The fourth-order valence-corrected chi connectivity index (χ4v) is 6.91. The Hall–Kier alpha value is -4.44. The maximum Gasteiger partial charge on any atom is 0.274 e. The SMILES string of the molecule is Cc1c(-c2cc(Nc3ccc(N4CCN(C)CC4)cn3)c(=O)n(C)c2)cc(F)cc1N1CCn2c(cc3c2CCCC3)C1=O. The van der Waals surface area contributed by atoms with E-state index in [0.29, 0.717) is 47.1 Å². The fourth-order valence-electron chi connectivity index (χ4n) is 6.91. The Balaban J connectivity index is 1.18. The molecule has 0 saturated carbocycles. The number of halogens is 1. The third-order valence-corrected chi connectivity index (χ3v) is 9.43. The van der Waals surface area contributed by atoms with Gasteiger partial charge in [-0.15, -0.1) is 0 Å². The van der Waals surface area contributed by atoms with Crippen LogP contribution in [-0.4, -0.2) is 64.7 Å². The number of aryl methyl sites for hydroxylation is 2. The summed E-state index contributed by atoms with van der Waals surface area (Å²) in [6, 6.07) is 10.6. The van der Waals surface area contributed by atoms with Gasteiger partial charge in [0.05, 0.1) is 17.6 Å². The van der Waals surface area contributed by atoms with E-state index in [4.69, 9.17) is 0 Å². The number of aromatic nitrogens is 3. The van der Waals surface area contributed by atoms with Gasteiger partial charge in [-0.05, 0) is 92.7 Å². The van der Waals surface area contributed by atoms with Crippen LogP contribution in [0.1, 0.15) is 40.2 Å². The number of nitrogens with zero attached hydrogens (tertiary/aromatic N) is 6. The Morgan fingerprint density at radius 3 is 2.48 bits per heavy atom. The van der Waals surface area contributed by atoms with Crippen LogP contribution < -0.4 is 20.7 Å². The second-order valence-electron chi connectivity index (χ2n) is 12.3. The first-order chi connectivity index (χ1) is 21.3. The highest BCUT2D eigenvalue weighted by Crippen LogP contribution is 2.36. The second-order valence-corrected chi connectivity index (χ2v) is 12.3. The molecule has 3 aromatic heterocycles. The van der Waals surface area contributed by atoms with Gasteiger partial charge in [0.1, 0.15) is 23.0 Å². The molecular weight excluding hydrogens is 557 g/mol. The Morgan fingerprint density at radius 1 is 0.909 bits per heavy atom. The summed E-state index contributed by atoms with van der Waals surface area (Å²) in [4.78, 5) is 37.8. The summed E-state index contributed by atoms with van der Waals surface area (Å²) in [5.74, 6) is 0.0239. The molecule has 44 heavy (non-hydrogen) atoms. The van der Waals surface area contributed by atoms with Crippen LogP contribution in [0.3, 0.4) is 0 Å². The van der Waals surface area contributed by atoms with Crippen LogP contribution in [0, 0.1) is 12.7 Å². The summed E-state index contributed by atoms with van der Waals surface area (Å²) in [6.07, 6.45) is 7.84. The van der Waals surface area contributed by atoms with Gasteiger partial charge >= 0.3 is 0 Å². The third-order valence-electron chi connectivity index (χ3n) is 9.43. The van der Waals surface area contributed by atoms with Gasteiger partial charge in [0.25, 0.3) is 11.5 Å². The molecule has 1 aromatic carbocycles. The zero-order valence-electron chi connectivity index (χ0n) is 25.6. The van der Waals surface area contributed by atoms with Crippen LogP contribution in [0.25, 0.3) is 11.1 Å². The van der Waals surface area contributed by atoms with Gasteiger partial charge in [0.2, 0.25) is 0 Å². The number of hydrogen-bond acceptors (Lipinski definition) is 6. The van der Waals surface area contributed by atoms with Gasteiger partial charge in [0.15, 0.2) is 0 Å². The topological polar surface area (TPSA) is 78.6 Å². The van der Waals surface area contributed by atoms with Crippen LogP contribution in [-0.2, 0) is 26.4 Å². The highest BCUT2D eigenvalue weighted by molar-refractivity contribution is 6.07.